The third kappa shape index (κ3) is 18.5. The fourth-order valence-corrected chi connectivity index (χ4v) is 13.5. The number of likely N-dealkylation sites (tertiary alicyclic amines) is 1. The molecule has 4 unspecified atom stereocenters. The average Bonchev–Trinajstić information content (AvgIpc) is 3.86. The van der Waals surface area contributed by atoms with Gasteiger partial charge in [0.15, 0.2) is 0 Å². The van der Waals surface area contributed by atoms with Gasteiger partial charge in [-0.3, -0.25) is 19.3 Å². The number of carbonyl (C=O) groups excluding carboxylic acids is 4. The standard InChI is InChI=1S/C59H84F3N7O8S3/c1-8-42(2)50-37-58(6,7)29-26-44(50)38-68-32-34-69(35-33-68)47-22-20-43(21-23-47)56(73)66-80(76,77)49-24-25-51(52(36-49)79(74,75)59(60,61)62)63-46(41-78-48-16-12-11-13-17-48)28-31-67-30-27-45(39-67)64-54(71)18-14-9-10-15-19-55(72)65-53(40-70)57(3,4)5/h11-13,16-17,20-25,36,40,42,45-46,53,63H,8-10,14-15,18-19,26-35,37-39,41H2,1-7H3,(H,64,71)(H,65,72)(H,66,73). The van der Waals surface area contributed by atoms with Gasteiger partial charge in [0, 0.05) is 99.2 Å². The summed E-state index contributed by atoms with van der Waals surface area (Å²) in [5.74, 6) is -0.451. The zero-order valence-electron chi connectivity index (χ0n) is 47.6. The van der Waals surface area contributed by atoms with Gasteiger partial charge in [-0.05, 0) is 123 Å². The van der Waals surface area contributed by atoms with Gasteiger partial charge in [-0.2, -0.15) is 13.2 Å². The number of carbonyl (C=O) groups is 4. The number of aldehydes is 1. The van der Waals surface area contributed by atoms with Gasteiger partial charge in [0.1, 0.15) is 11.2 Å². The van der Waals surface area contributed by atoms with E-state index in [-0.39, 0.29) is 28.8 Å². The minimum atomic E-state index is -6.13. The van der Waals surface area contributed by atoms with E-state index in [2.05, 4.69) is 58.3 Å². The molecule has 442 valence electrons. The highest BCUT2D eigenvalue weighted by atomic mass is 32.2. The highest BCUT2D eigenvalue weighted by molar-refractivity contribution is 7.99. The molecule has 0 radical (unpaired) electrons. The first kappa shape index (κ1) is 64.2. The van der Waals surface area contributed by atoms with Crippen LogP contribution in [0.15, 0.2) is 98.6 Å². The van der Waals surface area contributed by atoms with E-state index in [0.717, 1.165) is 93.8 Å². The summed E-state index contributed by atoms with van der Waals surface area (Å²) in [5, 5.41) is 8.87. The van der Waals surface area contributed by atoms with Crippen LogP contribution in [0.1, 0.15) is 136 Å². The van der Waals surface area contributed by atoms with Crippen LogP contribution in [-0.2, 0) is 34.2 Å². The van der Waals surface area contributed by atoms with E-state index in [4.69, 9.17) is 0 Å². The van der Waals surface area contributed by atoms with Crippen molar-refractivity contribution in [2.45, 2.75) is 164 Å². The number of alkyl halides is 3. The number of sulfone groups is 1. The first-order chi connectivity index (χ1) is 37.7. The van der Waals surface area contributed by atoms with Gasteiger partial charge in [-0.25, -0.2) is 21.6 Å². The highest BCUT2D eigenvalue weighted by Crippen LogP contribution is 2.43. The molecule has 21 heteroatoms. The number of halogens is 3. The minimum absolute atomic E-state index is 0.0118. The number of unbranched alkanes of at least 4 members (excludes halogenated alkanes) is 3. The monoisotopic (exact) mass is 1170 g/mol. The van der Waals surface area contributed by atoms with Gasteiger partial charge < -0.3 is 30.5 Å². The predicted molar refractivity (Wildman–Crippen MR) is 311 cm³/mol. The van der Waals surface area contributed by atoms with E-state index in [9.17, 15) is 49.2 Å². The van der Waals surface area contributed by atoms with Crippen LogP contribution < -0.4 is 25.6 Å². The summed E-state index contributed by atoms with van der Waals surface area (Å²) in [6.07, 6.45) is 9.74. The Bertz CT molecular complexity index is 2840. The molecule has 2 saturated heterocycles. The molecule has 0 bridgehead atoms. The van der Waals surface area contributed by atoms with E-state index in [1.807, 2.05) is 55.8 Å². The van der Waals surface area contributed by atoms with E-state index >= 15 is 0 Å². The Hall–Kier alpha value is -4.96. The molecule has 0 saturated carbocycles. The number of benzene rings is 3. The maximum Gasteiger partial charge on any atom is 0.501 e. The molecule has 4 atom stereocenters. The van der Waals surface area contributed by atoms with Gasteiger partial charge >= 0.3 is 5.51 Å². The molecule has 4 N–H and O–H groups in total. The van der Waals surface area contributed by atoms with Crippen LogP contribution in [0.25, 0.3) is 0 Å². The molecule has 3 aromatic carbocycles. The molecule has 2 fully saturated rings. The Balaban J connectivity index is 1.05. The molecule has 3 amide bonds. The van der Waals surface area contributed by atoms with Crippen molar-refractivity contribution in [1.82, 2.24) is 25.2 Å². The topological polar surface area (TPSA) is 194 Å². The molecule has 3 aromatic rings. The fraction of sp³-hybridized carbons (Fsp3) is 0.593. The number of nitrogens with one attached hydrogen (secondary N) is 4. The van der Waals surface area contributed by atoms with Crippen LogP contribution >= 0.6 is 11.8 Å². The van der Waals surface area contributed by atoms with Crippen LogP contribution in [0, 0.1) is 16.7 Å². The summed E-state index contributed by atoms with van der Waals surface area (Å²) in [4.78, 5) is 55.6. The molecule has 0 spiro atoms. The first-order valence-electron chi connectivity index (χ1n) is 28.2. The second-order valence-corrected chi connectivity index (χ2v) is 28.4. The number of sulfonamides is 1. The van der Waals surface area contributed by atoms with E-state index in [1.165, 1.54) is 30.3 Å². The lowest BCUT2D eigenvalue weighted by molar-refractivity contribution is -0.125. The number of thioether (sulfide) groups is 1. The third-order valence-electron chi connectivity index (χ3n) is 15.7. The van der Waals surface area contributed by atoms with E-state index in [1.54, 1.807) is 23.3 Å². The van der Waals surface area contributed by atoms with Crippen molar-refractivity contribution in [1.29, 1.82) is 0 Å². The van der Waals surface area contributed by atoms with Gasteiger partial charge in [-0.15, -0.1) is 11.8 Å². The number of nitrogens with zero attached hydrogens (tertiary/aromatic N) is 3. The summed E-state index contributed by atoms with van der Waals surface area (Å²) in [7, 11) is -11.0. The van der Waals surface area contributed by atoms with Gasteiger partial charge in [0.05, 0.1) is 16.6 Å². The molecule has 80 heavy (non-hydrogen) atoms. The van der Waals surface area contributed by atoms with Crippen molar-refractivity contribution in [2.24, 2.45) is 16.7 Å². The highest BCUT2D eigenvalue weighted by Gasteiger charge is 2.48. The van der Waals surface area contributed by atoms with Crippen LogP contribution in [0.3, 0.4) is 0 Å². The number of hydrogen-bond acceptors (Lipinski definition) is 13. The van der Waals surface area contributed by atoms with Gasteiger partial charge in [-0.1, -0.05) is 90.7 Å². The Morgan fingerprint density at radius 1 is 0.850 bits per heavy atom. The van der Waals surface area contributed by atoms with Crippen LogP contribution in [0.4, 0.5) is 24.5 Å². The maximum absolute atomic E-state index is 14.4. The summed E-state index contributed by atoms with van der Waals surface area (Å²) >= 11 is 1.41. The van der Waals surface area contributed by atoms with Crippen LogP contribution in [0.2, 0.25) is 0 Å². The largest absolute Gasteiger partial charge is 0.501 e. The normalized spacial score (nSPS) is 18.8. The molecular weight excluding hydrogens is 1090 g/mol. The number of rotatable bonds is 27. The predicted octanol–water partition coefficient (Wildman–Crippen LogP) is 10.00. The van der Waals surface area contributed by atoms with Crippen LogP contribution in [-0.4, -0.2) is 132 Å². The quantitative estimate of drug-likeness (QED) is 0.0244. The van der Waals surface area contributed by atoms with E-state index < -0.39 is 58.8 Å². The third-order valence-corrected chi connectivity index (χ3v) is 19.8. The van der Waals surface area contributed by atoms with Gasteiger partial charge in [0.2, 0.25) is 11.8 Å². The number of piperazine rings is 1. The Kier molecular flexibility index (Phi) is 22.8. The summed E-state index contributed by atoms with van der Waals surface area (Å²) in [5.41, 5.74) is -2.29. The summed E-state index contributed by atoms with van der Waals surface area (Å²) in [6.45, 7) is 20.7. The molecule has 15 nitrogen and oxygen atoms in total. The average molecular weight is 1170 g/mol. The molecule has 6 rings (SSSR count). The number of allylic oxidation sites excluding steroid dienone is 1. The number of anilines is 2. The summed E-state index contributed by atoms with van der Waals surface area (Å²) in [6, 6.07) is 16.8. The molecular formula is C59H84F3N7O8S3. The number of hydrogen-bond donors (Lipinski definition) is 4. The second-order valence-electron chi connectivity index (χ2n) is 23.7. The molecule has 0 aromatic heterocycles. The SMILES string of the molecule is CCC(C)C1=C(CN2CCN(c3ccc(C(=O)NS(=O)(=O)c4ccc(NC(CCN5CCC(NC(=O)CCCCCCC(=O)NC(C=O)C(C)(C)C)C5)CSc5ccccc5)c(S(=O)(=O)C(F)(F)F)c4)cc3)CC2)CCC(C)(C)C1. The molecule has 1 aliphatic carbocycles. The second kappa shape index (κ2) is 28.3. The zero-order valence-corrected chi connectivity index (χ0v) is 50.1. The first-order valence-corrected chi connectivity index (χ1v) is 32.1. The summed E-state index contributed by atoms with van der Waals surface area (Å²) < 4.78 is 99.2. The minimum Gasteiger partial charge on any atom is -0.380 e. The van der Waals surface area contributed by atoms with Crippen molar-refractivity contribution < 1.29 is 49.2 Å². The van der Waals surface area contributed by atoms with Crippen molar-refractivity contribution in [3.05, 3.63) is 89.5 Å². The van der Waals surface area contributed by atoms with Crippen molar-refractivity contribution >= 4 is 67.0 Å². The Morgan fingerprint density at radius 3 is 2.14 bits per heavy atom. The number of amides is 3. The molecule has 2 heterocycles. The maximum atomic E-state index is 14.4. The lowest BCUT2D eigenvalue weighted by atomic mass is 9.71. The van der Waals surface area contributed by atoms with Crippen molar-refractivity contribution in [3.8, 4) is 0 Å². The fourth-order valence-electron chi connectivity index (χ4n) is 10.5. The smallest absolute Gasteiger partial charge is 0.380 e. The van der Waals surface area contributed by atoms with Gasteiger partial charge in [0.25, 0.3) is 25.8 Å². The lowest BCUT2D eigenvalue weighted by Crippen LogP contribution is -2.47. The van der Waals surface area contributed by atoms with Crippen molar-refractivity contribution in [2.75, 3.05) is 68.3 Å². The Labute approximate surface area is 477 Å². The van der Waals surface area contributed by atoms with Crippen LogP contribution in [0.5, 0.6) is 0 Å². The Morgan fingerprint density at radius 2 is 1.51 bits per heavy atom. The van der Waals surface area contributed by atoms with Crippen molar-refractivity contribution in [3.63, 3.8) is 0 Å². The zero-order chi connectivity index (χ0) is 58.5. The lowest BCUT2D eigenvalue weighted by Gasteiger charge is -2.40. The molecule has 2 aliphatic heterocycles. The van der Waals surface area contributed by atoms with E-state index in [0.29, 0.717) is 81.3 Å². The molecule has 3 aliphatic rings.